The van der Waals surface area contributed by atoms with E-state index in [-0.39, 0.29) is 12.0 Å². The number of aromatic amines is 1. The summed E-state index contributed by atoms with van der Waals surface area (Å²) in [4.78, 5) is 23.0. The van der Waals surface area contributed by atoms with Crippen molar-refractivity contribution in [2.75, 3.05) is 13.2 Å². The van der Waals surface area contributed by atoms with Crippen molar-refractivity contribution in [1.82, 2.24) is 14.9 Å². The summed E-state index contributed by atoms with van der Waals surface area (Å²) in [5.74, 6) is 0.736. The zero-order chi connectivity index (χ0) is 24.2. The van der Waals surface area contributed by atoms with Gasteiger partial charge in [0.2, 0.25) is 0 Å². The molecule has 0 spiro atoms. The number of carbonyl (C=O) groups is 1. The van der Waals surface area contributed by atoms with Gasteiger partial charge in [-0.05, 0) is 67.3 Å². The first-order valence-electron chi connectivity index (χ1n) is 11.9. The van der Waals surface area contributed by atoms with Crippen LogP contribution in [-0.2, 0) is 17.9 Å². The summed E-state index contributed by atoms with van der Waals surface area (Å²) in [6, 6.07) is 17.4. The number of rotatable bonds is 8. The minimum absolute atomic E-state index is 0.0396. The molecule has 7 heteroatoms. The van der Waals surface area contributed by atoms with Gasteiger partial charge in [-0.2, -0.15) is 0 Å². The van der Waals surface area contributed by atoms with E-state index in [4.69, 9.17) is 21.1 Å². The van der Waals surface area contributed by atoms with Crippen LogP contribution in [0.15, 0.2) is 67.0 Å². The van der Waals surface area contributed by atoms with E-state index in [0.29, 0.717) is 30.4 Å². The zero-order valence-corrected chi connectivity index (χ0v) is 20.4. The van der Waals surface area contributed by atoms with Crippen LogP contribution in [0, 0.1) is 6.92 Å². The van der Waals surface area contributed by atoms with Gasteiger partial charge in [-0.15, -0.1) is 0 Å². The summed E-state index contributed by atoms with van der Waals surface area (Å²) < 4.78 is 11.7. The maximum atomic E-state index is 13.7. The quantitative estimate of drug-likeness (QED) is 0.333. The minimum atomic E-state index is -0.0396. The van der Waals surface area contributed by atoms with Gasteiger partial charge in [0.1, 0.15) is 18.1 Å². The van der Waals surface area contributed by atoms with Gasteiger partial charge in [0.05, 0.1) is 6.10 Å². The molecule has 0 aliphatic carbocycles. The van der Waals surface area contributed by atoms with Crippen LogP contribution in [0.2, 0.25) is 5.02 Å². The van der Waals surface area contributed by atoms with Gasteiger partial charge in [-0.3, -0.25) is 9.78 Å². The second kappa shape index (κ2) is 10.5. The predicted molar refractivity (Wildman–Crippen MR) is 137 cm³/mol. The molecule has 2 aromatic carbocycles. The largest absolute Gasteiger partial charge is 0.489 e. The fourth-order valence-corrected chi connectivity index (χ4v) is 4.66. The van der Waals surface area contributed by atoms with E-state index in [2.05, 4.69) is 9.97 Å². The summed E-state index contributed by atoms with van der Waals surface area (Å²) in [5.41, 5.74) is 4.45. The number of nitrogens with zero attached hydrogens (tertiary/aromatic N) is 2. The Balaban J connectivity index is 1.33. The molecule has 1 atom stereocenters. The minimum Gasteiger partial charge on any atom is -0.489 e. The molecule has 1 fully saturated rings. The number of hydrogen-bond acceptors (Lipinski definition) is 4. The third kappa shape index (κ3) is 5.50. The highest BCUT2D eigenvalue weighted by molar-refractivity contribution is 6.31. The number of aryl methyl sites for hydroxylation is 1. The summed E-state index contributed by atoms with van der Waals surface area (Å²) >= 11 is 6.19. The Kier molecular flexibility index (Phi) is 7.02. The van der Waals surface area contributed by atoms with Crippen LogP contribution in [0.3, 0.4) is 0 Å². The van der Waals surface area contributed by atoms with Crippen molar-refractivity contribution in [2.24, 2.45) is 0 Å². The molecule has 1 N–H and O–H groups in total. The standard InChI is InChI=1S/C28H28ClN3O3/c1-19-25-14-22(29)8-11-26(25)31-27(19)28(33)32(17-24-5-3-13-34-24)16-20-6-9-23(10-7-20)35-18-21-4-2-12-30-15-21/h2,4,6-12,14-15,24,31H,3,5,13,16-18H2,1H3. The van der Waals surface area contributed by atoms with Crippen molar-refractivity contribution in [3.63, 3.8) is 0 Å². The summed E-state index contributed by atoms with van der Waals surface area (Å²) in [6.45, 7) is 4.20. The number of amides is 1. The molecule has 4 aromatic rings. The monoisotopic (exact) mass is 489 g/mol. The predicted octanol–water partition coefficient (Wildman–Crippen LogP) is 5.93. The second-order valence-corrected chi connectivity index (χ2v) is 9.37. The first-order valence-corrected chi connectivity index (χ1v) is 12.2. The molecule has 6 nitrogen and oxygen atoms in total. The maximum absolute atomic E-state index is 13.7. The fourth-order valence-electron chi connectivity index (χ4n) is 4.49. The Hall–Kier alpha value is -3.35. The van der Waals surface area contributed by atoms with E-state index in [1.807, 2.05) is 66.4 Å². The number of aromatic nitrogens is 2. The number of halogens is 1. The van der Waals surface area contributed by atoms with Crippen molar-refractivity contribution in [3.8, 4) is 5.75 Å². The molecule has 3 heterocycles. The van der Waals surface area contributed by atoms with Gasteiger partial charge in [0, 0.05) is 53.6 Å². The number of H-pyrrole nitrogens is 1. The number of carbonyl (C=O) groups excluding carboxylic acids is 1. The lowest BCUT2D eigenvalue weighted by Gasteiger charge is -2.25. The van der Waals surface area contributed by atoms with Crippen LogP contribution in [-0.4, -0.2) is 40.0 Å². The van der Waals surface area contributed by atoms with Gasteiger partial charge < -0.3 is 19.4 Å². The molecular weight excluding hydrogens is 462 g/mol. The van der Waals surface area contributed by atoms with E-state index < -0.39 is 0 Å². The Bertz CT molecular complexity index is 1300. The topological polar surface area (TPSA) is 67.5 Å². The first-order chi connectivity index (χ1) is 17.1. The number of benzene rings is 2. The average Bonchev–Trinajstić information content (AvgIpc) is 3.51. The summed E-state index contributed by atoms with van der Waals surface area (Å²) in [6.07, 6.45) is 5.59. The summed E-state index contributed by atoms with van der Waals surface area (Å²) in [7, 11) is 0. The van der Waals surface area contributed by atoms with E-state index in [0.717, 1.165) is 52.8 Å². The van der Waals surface area contributed by atoms with Crippen molar-refractivity contribution in [2.45, 2.75) is 39.0 Å². The fraction of sp³-hybridized carbons (Fsp3) is 0.286. The molecular formula is C28H28ClN3O3. The third-order valence-electron chi connectivity index (χ3n) is 6.39. The highest BCUT2D eigenvalue weighted by Crippen LogP contribution is 2.27. The molecule has 1 amide bonds. The van der Waals surface area contributed by atoms with E-state index in [1.165, 1.54) is 0 Å². The third-order valence-corrected chi connectivity index (χ3v) is 6.63. The lowest BCUT2D eigenvalue weighted by Crippen LogP contribution is -2.37. The molecule has 2 aromatic heterocycles. The van der Waals surface area contributed by atoms with Crippen LogP contribution in [0.5, 0.6) is 5.75 Å². The van der Waals surface area contributed by atoms with Crippen LogP contribution in [0.1, 0.15) is 40.0 Å². The summed E-state index contributed by atoms with van der Waals surface area (Å²) in [5, 5.41) is 1.62. The highest BCUT2D eigenvalue weighted by Gasteiger charge is 2.26. The molecule has 1 aliphatic rings. The zero-order valence-electron chi connectivity index (χ0n) is 19.7. The number of ether oxygens (including phenoxy) is 2. The van der Waals surface area contributed by atoms with Gasteiger partial charge in [-0.25, -0.2) is 0 Å². The molecule has 0 saturated carbocycles. The normalized spacial score (nSPS) is 15.4. The van der Waals surface area contributed by atoms with Gasteiger partial charge in [0.25, 0.3) is 5.91 Å². The maximum Gasteiger partial charge on any atom is 0.270 e. The Morgan fingerprint density at radius 2 is 2.06 bits per heavy atom. The van der Waals surface area contributed by atoms with Gasteiger partial charge in [-0.1, -0.05) is 29.8 Å². The van der Waals surface area contributed by atoms with Crippen molar-refractivity contribution < 1.29 is 14.3 Å². The van der Waals surface area contributed by atoms with Gasteiger partial charge >= 0.3 is 0 Å². The molecule has 1 saturated heterocycles. The smallest absolute Gasteiger partial charge is 0.270 e. The Morgan fingerprint density at radius 1 is 1.20 bits per heavy atom. The molecule has 1 unspecified atom stereocenters. The number of fused-ring (bicyclic) bond motifs is 1. The second-order valence-electron chi connectivity index (χ2n) is 8.93. The van der Waals surface area contributed by atoms with E-state index in [1.54, 1.807) is 12.4 Å². The first kappa shape index (κ1) is 23.4. The molecule has 1 aliphatic heterocycles. The van der Waals surface area contributed by atoms with Crippen molar-refractivity contribution in [1.29, 1.82) is 0 Å². The highest BCUT2D eigenvalue weighted by atomic mass is 35.5. The molecule has 5 rings (SSSR count). The molecule has 0 radical (unpaired) electrons. The van der Waals surface area contributed by atoms with Crippen LogP contribution >= 0.6 is 11.6 Å². The van der Waals surface area contributed by atoms with Crippen LogP contribution < -0.4 is 4.74 Å². The van der Waals surface area contributed by atoms with E-state index in [9.17, 15) is 4.79 Å². The van der Waals surface area contributed by atoms with Crippen molar-refractivity contribution in [3.05, 3.63) is 94.4 Å². The lowest BCUT2D eigenvalue weighted by molar-refractivity contribution is 0.0503. The number of nitrogens with one attached hydrogen (secondary N) is 1. The average molecular weight is 490 g/mol. The lowest BCUT2D eigenvalue weighted by atomic mass is 10.1. The van der Waals surface area contributed by atoms with E-state index >= 15 is 0 Å². The molecule has 35 heavy (non-hydrogen) atoms. The Labute approximate surface area is 209 Å². The van der Waals surface area contributed by atoms with Crippen molar-refractivity contribution >= 4 is 28.4 Å². The van der Waals surface area contributed by atoms with Gasteiger partial charge in [0.15, 0.2) is 0 Å². The molecule has 180 valence electrons. The van der Waals surface area contributed by atoms with Crippen LogP contribution in [0.4, 0.5) is 0 Å². The number of hydrogen-bond donors (Lipinski definition) is 1. The van der Waals surface area contributed by atoms with Crippen LogP contribution in [0.25, 0.3) is 10.9 Å². The number of pyridine rings is 1. The Morgan fingerprint density at radius 3 is 2.80 bits per heavy atom. The SMILES string of the molecule is Cc1c(C(=O)N(Cc2ccc(OCc3cccnc3)cc2)CC2CCCO2)[nH]c2ccc(Cl)cc12. The molecule has 0 bridgehead atoms.